The molecular formula is C42H55FN8O5S. The van der Waals surface area contributed by atoms with Crippen molar-refractivity contribution < 1.29 is 27.1 Å². The zero-order valence-corrected chi connectivity index (χ0v) is 34.7. The lowest BCUT2D eigenvalue weighted by Gasteiger charge is -2.54. The molecule has 1 aromatic heterocycles. The van der Waals surface area contributed by atoms with Crippen LogP contribution in [0.25, 0.3) is 0 Å². The van der Waals surface area contributed by atoms with Gasteiger partial charge >= 0.3 is 0 Å². The molecule has 306 valence electrons. The lowest BCUT2D eigenvalue weighted by Crippen LogP contribution is -2.60. The van der Waals surface area contributed by atoms with E-state index in [4.69, 9.17) is 4.74 Å². The Bertz CT molecular complexity index is 2070. The highest BCUT2D eigenvalue weighted by Crippen LogP contribution is 2.45. The van der Waals surface area contributed by atoms with Crippen LogP contribution < -0.4 is 9.64 Å². The van der Waals surface area contributed by atoms with Gasteiger partial charge in [0.25, 0.3) is 5.91 Å². The van der Waals surface area contributed by atoms with Crippen LogP contribution in [0.5, 0.6) is 11.5 Å². The smallest absolute Gasteiger partial charge is 0.258 e. The molecule has 4 aliphatic rings. The molecule has 0 N–H and O–H groups in total. The first kappa shape index (κ1) is 40.7. The number of halogens is 1. The Kier molecular flexibility index (Phi) is 11.7. The monoisotopic (exact) mass is 802 g/mol. The molecule has 4 saturated heterocycles. The Morgan fingerprint density at radius 3 is 2.32 bits per heavy atom. The number of amides is 2. The number of piperidine rings is 1. The van der Waals surface area contributed by atoms with Crippen molar-refractivity contribution in [1.29, 1.82) is 0 Å². The van der Waals surface area contributed by atoms with Crippen molar-refractivity contribution in [3.05, 3.63) is 84.1 Å². The summed E-state index contributed by atoms with van der Waals surface area (Å²) in [5, 5.41) is 0. The number of carbonyl (C=O) groups is 2. The number of likely N-dealkylation sites (N-methyl/N-ethyl adjacent to an activating group) is 1. The zero-order valence-electron chi connectivity index (χ0n) is 33.8. The minimum atomic E-state index is -3.67. The van der Waals surface area contributed by atoms with E-state index >= 15 is 0 Å². The summed E-state index contributed by atoms with van der Waals surface area (Å²) < 4.78 is 49.7. The van der Waals surface area contributed by atoms with E-state index in [0.29, 0.717) is 37.6 Å². The molecule has 2 bridgehead atoms. The van der Waals surface area contributed by atoms with Gasteiger partial charge in [-0.25, -0.2) is 22.8 Å². The molecule has 0 aliphatic carbocycles. The number of likely N-dealkylation sites (tertiary alicyclic amines) is 2. The van der Waals surface area contributed by atoms with Crippen LogP contribution in [0.3, 0.4) is 0 Å². The third kappa shape index (κ3) is 8.57. The highest BCUT2D eigenvalue weighted by atomic mass is 32.2. The number of benzene rings is 2. The van der Waals surface area contributed by atoms with Gasteiger partial charge in [-0.1, -0.05) is 18.2 Å². The van der Waals surface area contributed by atoms with Gasteiger partial charge in [-0.2, -0.15) is 4.31 Å². The Hall–Kier alpha value is -4.44. The predicted octanol–water partition coefficient (Wildman–Crippen LogP) is 4.86. The molecule has 0 radical (unpaired) electrons. The van der Waals surface area contributed by atoms with Crippen LogP contribution in [-0.2, 0) is 21.4 Å². The molecule has 57 heavy (non-hydrogen) atoms. The number of carbonyl (C=O) groups excluding carboxylic acids is 2. The second kappa shape index (κ2) is 16.4. The number of nitrogens with zero attached hydrogens (tertiary/aromatic N) is 8. The summed E-state index contributed by atoms with van der Waals surface area (Å²) in [6.07, 6.45) is 9.20. The number of piperazine rings is 1. The molecule has 4 fully saturated rings. The maximum absolute atomic E-state index is 14.4. The van der Waals surface area contributed by atoms with Gasteiger partial charge in [0.15, 0.2) is 11.6 Å². The van der Waals surface area contributed by atoms with Gasteiger partial charge in [0.05, 0.1) is 16.7 Å². The first-order valence-electron chi connectivity index (χ1n) is 19.9. The standard InChI is InChI=1S/C42H55FN8O5S/c1-29(2)51(30(3)4)41(53)36-20-32(43)11-14-37(36)56-38-22-44-28-45-40(38)48-26-42(27-48)15-18-47(19-16-42)23-31-9-12-35(13-10-31)57(54,55)50-25-33-21-34(50)24-49(33)39(52)8-7-17-46(5)6/h7-14,20,22,28-30,33-34H,15-19,21,23-27H2,1-6H3/b8-7+/t33-,34-/m0/s1. The summed E-state index contributed by atoms with van der Waals surface area (Å²) in [6.45, 7) is 13.3. The van der Waals surface area contributed by atoms with E-state index in [9.17, 15) is 22.4 Å². The van der Waals surface area contributed by atoms with Crippen molar-refractivity contribution in [1.82, 2.24) is 33.9 Å². The third-order valence-corrected chi connectivity index (χ3v) is 13.7. The molecule has 2 amide bonds. The van der Waals surface area contributed by atoms with Crippen molar-refractivity contribution in [3.8, 4) is 11.5 Å². The Morgan fingerprint density at radius 2 is 1.68 bits per heavy atom. The van der Waals surface area contributed by atoms with Crippen LogP contribution in [-0.4, -0.2) is 138 Å². The highest BCUT2D eigenvalue weighted by Gasteiger charge is 2.50. The molecule has 0 unspecified atom stereocenters. The molecule has 13 nitrogen and oxygen atoms in total. The van der Waals surface area contributed by atoms with Crippen LogP contribution in [0.2, 0.25) is 0 Å². The number of aromatic nitrogens is 2. The van der Waals surface area contributed by atoms with Crippen LogP contribution in [0.15, 0.2) is 72.0 Å². The number of rotatable bonds is 13. The fraction of sp³-hybridized carbons (Fsp3) is 0.524. The van der Waals surface area contributed by atoms with E-state index in [1.54, 1.807) is 33.6 Å². The zero-order chi connectivity index (χ0) is 40.6. The largest absolute Gasteiger partial charge is 0.451 e. The minimum absolute atomic E-state index is 0.0545. The highest BCUT2D eigenvalue weighted by molar-refractivity contribution is 7.89. The number of hydrogen-bond donors (Lipinski definition) is 0. The van der Waals surface area contributed by atoms with Crippen molar-refractivity contribution in [2.24, 2.45) is 5.41 Å². The molecule has 0 saturated carbocycles. The topological polar surface area (TPSA) is 123 Å². The molecule has 15 heteroatoms. The molecule has 2 atom stereocenters. The molecular weight excluding hydrogens is 748 g/mol. The SMILES string of the molecule is CC(C)N(C(=O)c1cc(F)ccc1Oc1cncnc1N1CC2(CCN(Cc3ccc(S(=O)(=O)N4C[C@@H]5C[C@H]4CN5C(=O)/C=C/CN(C)C)cc3)CC2)C1)C(C)C. The first-order valence-corrected chi connectivity index (χ1v) is 21.4. The molecule has 7 rings (SSSR count). The summed E-state index contributed by atoms with van der Waals surface area (Å²) in [4.78, 5) is 45.5. The fourth-order valence-electron chi connectivity index (χ4n) is 8.93. The van der Waals surface area contributed by atoms with Gasteiger partial charge < -0.3 is 24.3 Å². The van der Waals surface area contributed by atoms with Crippen LogP contribution in [0, 0.1) is 11.2 Å². The number of anilines is 1. The van der Waals surface area contributed by atoms with Crippen molar-refractivity contribution >= 4 is 27.7 Å². The maximum atomic E-state index is 14.4. The van der Waals surface area contributed by atoms with Gasteiger partial charge in [-0.3, -0.25) is 14.5 Å². The van der Waals surface area contributed by atoms with Crippen LogP contribution in [0.1, 0.15) is 62.9 Å². The van der Waals surface area contributed by atoms with Gasteiger partial charge in [0.2, 0.25) is 15.9 Å². The van der Waals surface area contributed by atoms with Gasteiger partial charge in [-0.15, -0.1) is 0 Å². The van der Waals surface area contributed by atoms with E-state index in [1.165, 1.54) is 24.5 Å². The van der Waals surface area contributed by atoms with Crippen LogP contribution >= 0.6 is 0 Å². The summed E-state index contributed by atoms with van der Waals surface area (Å²) in [5.74, 6) is 0.436. The van der Waals surface area contributed by atoms with E-state index in [1.807, 2.05) is 69.8 Å². The Labute approximate surface area is 336 Å². The number of sulfonamides is 1. The van der Waals surface area contributed by atoms with Crippen molar-refractivity contribution in [2.45, 2.75) is 82.6 Å². The van der Waals surface area contributed by atoms with E-state index in [0.717, 1.165) is 51.1 Å². The fourth-order valence-corrected chi connectivity index (χ4v) is 10.6. The predicted molar refractivity (Wildman–Crippen MR) is 216 cm³/mol. The summed E-state index contributed by atoms with van der Waals surface area (Å²) in [6, 6.07) is 10.8. The average Bonchev–Trinajstić information content (AvgIpc) is 3.78. The molecule has 3 aromatic rings. The van der Waals surface area contributed by atoms with Gasteiger partial charge in [0.1, 0.15) is 17.9 Å². The molecule has 2 aromatic carbocycles. The van der Waals surface area contributed by atoms with Gasteiger partial charge in [0, 0.05) is 74.9 Å². The number of fused-ring (bicyclic) bond motifs is 2. The second-order valence-electron chi connectivity index (χ2n) is 16.9. The average molecular weight is 803 g/mol. The minimum Gasteiger partial charge on any atom is -0.451 e. The first-order chi connectivity index (χ1) is 27.1. The quantitative estimate of drug-likeness (QED) is 0.222. The maximum Gasteiger partial charge on any atom is 0.258 e. The number of hydrogen-bond acceptors (Lipinski definition) is 10. The summed E-state index contributed by atoms with van der Waals surface area (Å²) in [5.41, 5.74) is 1.36. The molecule has 5 heterocycles. The van der Waals surface area contributed by atoms with E-state index in [2.05, 4.69) is 19.8 Å². The lowest BCUT2D eigenvalue weighted by molar-refractivity contribution is -0.127. The molecule has 4 aliphatic heterocycles. The van der Waals surface area contributed by atoms with Crippen molar-refractivity contribution in [2.75, 3.05) is 64.8 Å². The van der Waals surface area contributed by atoms with Crippen molar-refractivity contribution in [3.63, 3.8) is 0 Å². The van der Waals surface area contributed by atoms with Gasteiger partial charge in [-0.05, 0) is 110 Å². The number of ether oxygens (including phenoxy) is 1. The van der Waals surface area contributed by atoms with E-state index in [-0.39, 0.29) is 57.6 Å². The van der Waals surface area contributed by atoms with E-state index < -0.39 is 15.8 Å². The molecule has 1 spiro atoms. The summed E-state index contributed by atoms with van der Waals surface area (Å²) in [7, 11) is 0.214. The summed E-state index contributed by atoms with van der Waals surface area (Å²) >= 11 is 0. The Morgan fingerprint density at radius 1 is 0.982 bits per heavy atom. The second-order valence-corrected chi connectivity index (χ2v) is 18.8. The lowest BCUT2D eigenvalue weighted by atomic mass is 9.72. The third-order valence-electron chi connectivity index (χ3n) is 11.8. The Balaban J connectivity index is 0.919. The van der Waals surface area contributed by atoms with Crippen LogP contribution in [0.4, 0.5) is 10.2 Å². The normalized spacial score (nSPS) is 21.0.